The van der Waals surface area contributed by atoms with Crippen LogP contribution in [0.2, 0.25) is 0 Å². The van der Waals surface area contributed by atoms with Gasteiger partial charge in [0, 0.05) is 12.5 Å². The fourth-order valence-corrected chi connectivity index (χ4v) is 4.90. The highest BCUT2D eigenvalue weighted by atomic mass is 19.4. The third-order valence-electron chi connectivity index (χ3n) is 9.55. The molecule has 1 aromatic rings. The van der Waals surface area contributed by atoms with Crippen molar-refractivity contribution in [1.82, 2.24) is 0 Å². The molecule has 0 aliphatic heterocycles. The van der Waals surface area contributed by atoms with Gasteiger partial charge in [0.25, 0.3) is 0 Å². The van der Waals surface area contributed by atoms with Crippen LogP contribution in [0.1, 0.15) is 106 Å². The molecule has 0 N–H and O–H groups in total. The first-order valence-electron chi connectivity index (χ1n) is 15.2. The molecule has 8 heteroatoms. The van der Waals surface area contributed by atoms with Crippen molar-refractivity contribution in [1.29, 1.82) is 0 Å². The average Bonchev–Trinajstić information content (AvgIpc) is 2.90. The maximum Gasteiger partial charge on any atom is 0.389 e. The van der Waals surface area contributed by atoms with Gasteiger partial charge in [-0.3, -0.25) is 4.79 Å². The Balaban J connectivity index is 2.39. The normalized spacial score (nSPS) is 13.2. The Morgan fingerprint density at radius 3 is 1.74 bits per heavy atom. The largest absolute Gasteiger partial charge is 0.494 e. The third-order valence-corrected chi connectivity index (χ3v) is 9.55. The van der Waals surface area contributed by atoms with Crippen molar-refractivity contribution in [3.63, 3.8) is 0 Å². The van der Waals surface area contributed by atoms with Gasteiger partial charge in [-0.05, 0) is 85.5 Å². The Labute approximate surface area is 251 Å². The Morgan fingerprint density at radius 1 is 0.738 bits per heavy atom. The van der Waals surface area contributed by atoms with Crippen molar-refractivity contribution >= 4 is 18.0 Å². The summed E-state index contributed by atoms with van der Waals surface area (Å²) in [5, 5.41) is 0. The van der Waals surface area contributed by atoms with E-state index in [1.165, 1.54) is 6.08 Å². The summed E-state index contributed by atoms with van der Waals surface area (Å²) >= 11 is 0. The van der Waals surface area contributed by atoms with E-state index >= 15 is 0 Å². The van der Waals surface area contributed by atoms with Gasteiger partial charge in [-0.1, -0.05) is 67.5 Å². The smallest absolute Gasteiger partial charge is 0.389 e. The van der Waals surface area contributed by atoms with Gasteiger partial charge < -0.3 is 14.2 Å². The van der Waals surface area contributed by atoms with E-state index in [4.69, 9.17) is 14.2 Å². The lowest BCUT2D eigenvalue weighted by molar-refractivity contribution is -0.184. The standard InChI is InChI=1S/C34H53F3O5/c1-25(2)31(5,6)33(9,32(7,8)26(3)4)30(39)42-23-13-11-10-12-22-40-28-18-15-27(16-19-28)17-20-29(38)41-24-14-21-34(35,36)37/h15-20,25-26H,10-14,21-24H2,1-9H3/b20-17+. The Morgan fingerprint density at radius 2 is 1.24 bits per heavy atom. The molecule has 0 saturated heterocycles. The van der Waals surface area contributed by atoms with Crippen LogP contribution >= 0.6 is 0 Å². The summed E-state index contributed by atoms with van der Waals surface area (Å²) in [6.07, 6.45) is 0.814. The molecule has 1 rings (SSSR count). The van der Waals surface area contributed by atoms with E-state index in [1.54, 1.807) is 30.3 Å². The third kappa shape index (κ3) is 11.0. The molecule has 0 aromatic heterocycles. The van der Waals surface area contributed by atoms with Crippen molar-refractivity contribution in [2.45, 2.75) is 107 Å². The minimum absolute atomic E-state index is 0.112. The summed E-state index contributed by atoms with van der Waals surface area (Å²) in [6, 6.07) is 7.15. The van der Waals surface area contributed by atoms with E-state index in [9.17, 15) is 22.8 Å². The molecular weight excluding hydrogens is 545 g/mol. The molecule has 5 nitrogen and oxygen atoms in total. The summed E-state index contributed by atoms with van der Waals surface area (Å²) < 4.78 is 52.8. The van der Waals surface area contributed by atoms with Crippen LogP contribution in [0.4, 0.5) is 13.2 Å². The number of rotatable bonds is 18. The van der Waals surface area contributed by atoms with E-state index in [2.05, 4.69) is 62.3 Å². The molecule has 0 unspecified atom stereocenters. The molecule has 0 bridgehead atoms. The maximum absolute atomic E-state index is 13.5. The first-order chi connectivity index (χ1) is 19.4. The maximum atomic E-state index is 13.5. The van der Waals surface area contributed by atoms with Crippen LogP contribution in [0.25, 0.3) is 6.08 Å². The molecule has 0 spiro atoms. The van der Waals surface area contributed by atoms with Crippen molar-refractivity contribution in [3.8, 4) is 5.75 Å². The number of esters is 2. The van der Waals surface area contributed by atoms with E-state index < -0.39 is 24.0 Å². The number of carbonyl (C=O) groups is 2. The summed E-state index contributed by atoms with van der Waals surface area (Å²) in [5.74, 6) is 0.545. The lowest BCUT2D eigenvalue weighted by Crippen LogP contribution is -2.56. The second kappa shape index (κ2) is 16.4. The monoisotopic (exact) mass is 598 g/mol. The van der Waals surface area contributed by atoms with Crippen molar-refractivity contribution in [2.75, 3.05) is 19.8 Å². The SMILES string of the molecule is CC(C)C(C)(C)C(C)(C(=O)OCCCCCCOc1ccc(/C=C/C(=O)OCCCC(F)(F)F)cc1)C(C)(C)C(C)C. The highest BCUT2D eigenvalue weighted by Gasteiger charge is 2.59. The van der Waals surface area contributed by atoms with E-state index in [0.717, 1.165) is 31.2 Å². The van der Waals surface area contributed by atoms with Gasteiger partial charge in [0.2, 0.25) is 0 Å². The summed E-state index contributed by atoms with van der Waals surface area (Å²) in [5.41, 5.74) is -0.367. The van der Waals surface area contributed by atoms with Crippen molar-refractivity contribution < 1.29 is 37.0 Å². The number of benzene rings is 1. The van der Waals surface area contributed by atoms with Gasteiger partial charge in [0.05, 0.1) is 25.2 Å². The van der Waals surface area contributed by atoms with Crippen LogP contribution in [0.3, 0.4) is 0 Å². The molecule has 0 radical (unpaired) electrons. The average molecular weight is 599 g/mol. The molecule has 240 valence electrons. The highest BCUT2D eigenvalue weighted by molar-refractivity contribution is 5.87. The van der Waals surface area contributed by atoms with Crippen LogP contribution < -0.4 is 4.74 Å². The second-order valence-corrected chi connectivity index (χ2v) is 13.1. The Kier molecular flexibility index (Phi) is 14.6. The molecular formula is C34H53F3O5. The summed E-state index contributed by atoms with van der Waals surface area (Å²) in [7, 11) is 0. The molecule has 42 heavy (non-hydrogen) atoms. The van der Waals surface area contributed by atoms with Crippen LogP contribution in [-0.2, 0) is 19.1 Å². The molecule has 0 atom stereocenters. The van der Waals surface area contributed by atoms with E-state index in [-0.39, 0.29) is 29.8 Å². The first kappa shape index (κ1) is 37.5. The molecule has 0 aliphatic carbocycles. The predicted octanol–water partition coefficient (Wildman–Crippen LogP) is 9.44. The molecule has 1 aromatic carbocycles. The molecule has 0 amide bonds. The molecule has 0 saturated carbocycles. The van der Waals surface area contributed by atoms with E-state index in [0.29, 0.717) is 30.8 Å². The Bertz CT molecular complexity index is 971. The van der Waals surface area contributed by atoms with Gasteiger partial charge in [-0.2, -0.15) is 13.2 Å². The molecule has 0 aliphatic rings. The van der Waals surface area contributed by atoms with Gasteiger partial charge in [-0.15, -0.1) is 0 Å². The number of carbonyl (C=O) groups excluding carboxylic acids is 2. The first-order valence-corrected chi connectivity index (χ1v) is 15.2. The minimum Gasteiger partial charge on any atom is -0.494 e. The second-order valence-electron chi connectivity index (χ2n) is 13.1. The fraction of sp³-hybridized carbons (Fsp3) is 0.706. The van der Waals surface area contributed by atoms with Crippen molar-refractivity contribution in [2.24, 2.45) is 28.1 Å². The topological polar surface area (TPSA) is 61.8 Å². The number of ether oxygens (including phenoxy) is 3. The van der Waals surface area contributed by atoms with Crippen molar-refractivity contribution in [3.05, 3.63) is 35.9 Å². The quantitative estimate of drug-likeness (QED) is 0.0957. The molecule has 0 fully saturated rings. The highest BCUT2D eigenvalue weighted by Crippen LogP contribution is 2.58. The zero-order valence-electron chi connectivity index (χ0n) is 27.2. The molecule has 0 heterocycles. The van der Waals surface area contributed by atoms with E-state index in [1.807, 2.05) is 0 Å². The van der Waals surface area contributed by atoms with Crippen LogP contribution in [0.5, 0.6) is 5.75 Å². The van der Waals surface area contributed by atoms with Gasteiger partial charge in [-0.25, -0.2) is 4.79 Å². The predicted molar refractivity (Wildman–Crippen MR) is 162 cm³/mol. The Hall–Kier alpha value is -2.51. The summed E-state index contributed by atoms with van der Waals surface area (Å²) in [6.45, 7) is 20.2. The minimum atomic E-state index is -4.25. The fourth-order valence-electron chi connectivity index (χ4n) is 4.90. The van der Waals surface area contributed by atoms with Crippen LogP contribution in [0.15, 0.2) is 30.3 Å². The number of alkyl halides is 3. The zero-order chi connectivity index (χ0) is 32.2. The zero-order valence-corrected chi connectivity index (χ0v) is 27.2. The lowest BCUT2D eigenvalue weighted by Gasteiger charge is -2.55. The van der Waals surface area contributed by atoms with Gasteiger partial charge >= 0.3 is 18.1 Å². The van der Waals surface area contributed by atoms with Gasteiger partial charge in [0.15, 0.2) is 0 Å². The lowest BCUT2D eigenvalue weighted by atomic mass is 9.48. The number of halogens is 3. The van der Waals surface area contributed by atoms with Gasteiger partial charge in [0.1, 0.15) is 5.75 Å². The van der Waals surface area contributed by atoms with Crippen LogP contribution in [0, 0.1) is 28.1 Å². The summed E-state index contributed by atoms with van der Waals surface area (Å²) in [4.78, 5) is 25.2. The number of unbranched alkanes of at least 4 members (excludes halogenated alkanes) is 3. The number of hydrogen-bond donors (Lipinski definition) is 0. The number of hydrogen-bond acceptors (Lipinski definition) is 5. The van der Waals surface area contributed by atoms with Crippen LogP contribution in [-0.4, -0.2) is 37.9 Å².